The van der Waals surface area contributed by atoms with Crippen LogP contribution in [0.5, 0.6) is 0 Å². The molecule has 21 heteroatoms. The minimum absolute atomic E-state index is 0.108. The molecule has 0 aliphatic carbocycles. The third-order valence-corrected chi connectivity index (χ3v) is 4.21. The van der Waals surface area contributed by atoms with Gasteiger partial charge < -0.3 is 9.47 Å². The Kier molecular flexibility index (Phi) is 9.80. The SMILES string of the molecule is CC(C)(C)OC(=O)/C=C/C(=O)OCCC(F)(F)C(F)(F)C(F)(F)C(F)(F)C(F)(F)C(F)(F)C(F)(F)C(F)(F)F. The first-order valence-corrected chi connectivity index (χ1v) is 9.54. The second-order valence-corrected chi connectivity index (χ2v) is 8.43. The first kappa shape index (κ1) is 36.5. The topological polar surface area (TPSA) is 52.6 Å². The van der Waals surface area contributed by atoms with Crippen molar-refractivity contribution < 1.29 is 93.7 Å². The summed E-state index contributed by atoms with van der Waals surface area (Å²) in [6.07, 6.45) is -10.4. The third-order valence-electron chi connectivity index (χ3n) is 4.21. The highest BCUT2D eigenvalue weighted by atomic mass is 19.4. The molecule has 0 aliphatic heterocycles. The summed E-state index contributed by atoms with van der Waals surface area (Å²) < 4.78 is 232. The lowest BCUT2D eigenvalue weighted by Gasteiger charge is -2.42. The van der Waals surface area contributed by atoms with E-state index in [2.05, 4.69) is 9.47 Å². The summed E-state index contributed by atoms with van der Waals surface area (Å²) in [7, 11) is 0. The molecular formula is C18H15F17O4. The number of hydrogen-bond donors (Lipinski definition) is 0. The van der Waals surface area contributed by atoms with Crippen LogP contribution in [0.2, 0.25) is 0 Å². The summed E-state index contributed by atoms with van der Waals surface area (Å²) in [5.74, 6) is -60.3. The number of hydrogen-bond acceptors (Lipinski definition) is 4. The largest absolute Gasteiger partial charge is 0.462 e. The third kappa shape index (κ3) is 6.63. The summed E-state index contributed by atoms with van der Waals surface area (Å²) >= 11 is 0. The van der Waals surface area contributed by atoms with E-state index < -0.39 is 78.2 Å². The molecule has 0 atom stereocenters. The lowest BCUT2D eigenvalue weighted by atomic mass is 9.88. The zero-order chi connectivity index (χ0) is 31.9. The van der Waals surface area contributed by atoms with Gasteiger partial charge in [-0.1, -0.05) is 0 Å². The predicted molar refractivity (Wildman–Crippen MR) is 91.2 cm³/mol. The fraction of sp³-hybridized carbons (Fsp3) is 0.778. The molecule has 0 aromatic rings. The van der Waals surface area contributed by atoms with Crippen LogP contribution in [0, 0.1) is 0 Å². The van der Waals surface area contributed by atoms with Gasteiger partial charge in [0.1, 0.15) is 5.60 Å². The zero-order valence-corrected chi connectivity index (χ0v) is 19.1. The number of halogens is 17. The van der Waals surface area contributed by atoms with Crippen molar-refractivity contribution in [2.75, 3.05) is 6.61 Å². The standard InChI is InChI=1S/C18H15F17O4/c1-10(2,3)39-9(37)5-4-8(36)38-7-6-11(19,20)12(21,22)13(23,24)14(25,26)15(27,28)16(29,30)17(31,32)18(33,34)35/h4-5H,6-7H2,1-3H3/b5-4+. The van der Waals surface area contributed by atoms with Gasteiger partial charge >= 0.3 is 59.6 Å². The molecule has 0 unspecified atom stereocenters. The zero-order valence-electron chi connectivity index (χ0n) is 19.1. The Morgan fingerprint density at radius 2 is 0.872 bits per heavy atom. The van der Waals surface area contributed by atoms with Crippen LogP contribution in [-0.4, -0.2) is 71.8 Å². The van der Waals surface area contributed by atoms with Crippen molar-refractivity contribution in [3.8, 4) is 0 Å². The van der Waals surface area contributed by atoms with Crippen molar-refractivity contribution >= 4 is 11.9 Å². The number of alkyl halides is 17. The lowest BCUT2D eigenvalue weighted by Crippen LogP contribution is -2.74. The van der Waals surface area contributed by atoms with E-state index in [9.17, 15) is 84.2 Å². The Hall–Kier alpha value is -2.51. The normalized spacial score (nSPS) is 15.5. The van der Waals surface area contributed by atoms with Crippen LogP contribution in [0.3, 0.4) is 0 Å². The minimum Gasteiger partial charge on any atom is -0.462 e. The molecule has 0 heterocycles. The van der Waals surface area contributed by atoms with Crippen LogP contribution in [0.1, 0.15) is 27.2 Å². The van der Waals surface area contributed by atoms with E-state index in [-0.39, 0.29) is 12.2 Å². The second-order valence-electron chi connectivity index (χ2n) is 8.43. The summed E-state index contributed by atoms with van der Waals surface area (Å²) in [4.78, 5) is 22.5. The summed E-state index contributed by atoms with van der Waals surface area (Å²) in [5.41, 5.74) is -1.12. The van der Waals surface area contributed by atoms with Crippen molar-refractivity contribution in [1.82, 2.24) is 0 Å². The Labute approximate surface area is 206 Å². The van der Waals surface area contributed by atoms with Gasteiger partial charge in [-0.25, -0.2) is 9.59 Å². The van der Waals surface area contributed by atoms with Gasteiger partial charge in [0.05, 0.1) is 13.0 Å². The van der Waals surface area contributed by atoms with Crippen molar-refractivity contribution in [1.29, 1.82) is 0 Å². The number of esters is 2. The lowest BCUT2D eigenvalue weighted by molar-refractivity contribution is -0.461. The number of rotatable bonds is 11. The van der Waals surface area contributed by atoms with Crippen molar-refractivity contribution in [2.45, 2.75) is 80.4 Å². The van der Waals surface area contributed by atoms with E-state index in [0.717, 1.165) is 0 Å². The molecule has 0 aromatic carbocycles. The maximum Gasteiger partial charge on any atom is 0.460 e. The van der Waals surface area contributed by atoms with E-state index in [0.29, 0.717) is 0 Å². The maximum absolute atomic E-state index is 13.7. The molecule has 39 heavy (non-hydrogen) atoms. The molecule has 0 aromatic heterocycles. The van der Waals surface area contributed by atoms with Gasteiger partial charge in [0.25, 0.3) is 0 Å². The van der Waals surface area contributed by atoms with Crippen LogP contribution in [0.4, 0.5) is 74.6 Å². The van der Waals surface area contributed by atoms with E-state index in [1.807, 2.05) is 0 Å². The smallest absolute Gasteiger partial charge is 0.460 e. The van der Waals surface area contributed by atoms with E-state index in [1.54, 1.807) is 0 Å². The molecule has 230 valence electrons. The first-order valence-electron chi connectivity index (χ1n) is 9.54. The molecule has 0 spiro atoms. The summed E-state index contributed by atoms with van der Waals surface area (Å²) in [6, 6.07) is 0. The minimum atomic E-state index is -8.72. The van der Waals surface area contributed by atoms with Crippen LogP contribution in [-0.2, 0) is 19.1 Å². The Morgan fingerprint density at radius 3 is 1.23 bits per heavy atom. The average molecular weight is 618 g/mol. The average Bonchev–Trinajstić information content (AvgIpc) is 2.69. The molecule has 0 amide bonds. The van der Waals surface area contributed by atoms with Crippen LogP contribution in [0.15, 0.2) is 12.2 Å². The number of carbonyl (C=O) groups excluding carboxylic acids is 2. The molecule has 0 N–H and O–H groups in total. The Balaban J connectivity index is 5.97. The van der Waals surface area contributed by atoms with Crippen LogP contribution in [0.25, 0.3) is 0 Å². The number of carbonyl (C=O) groups is 2. The second kappa shape index (κ2) is 10.5. The van der Waals surface area contributed by atoms with E-state index in [1.165, 1.54) is 20.8 Å². The highest BCUT2D eigenvalue weighted by Crippen LogP contribution is 2.64. The van der Waals surface area contributed by atoms with Crippen molar-refractivity contribution in [3.05, 3.63) is 12.2 Å². The van der Waals surface area contributed by atoms with Gasteiger partial charge in [0.2, 0.25) is 0 Å². The van der Waals surface area contributed by atoms with Crippen LogP contribution < -0.4 is 0 Å². The molecule has 0 radical (unpaired) electrons. The van der Waals surface area contributed by atoms with Crippen molar-refractivity contribution in [3.63, 3.8) is 0 Å². The van der Waals surface area contributed by atoms with Gasteiger partial charge in [-0.3, -0.25) is 0 Å². The monoisotopic (exact) mass is 618 g/mol. The highest BCUT2D eigenvalue weighted by Gasteiger charge is 2.95. The molecule has 0 fully saturated rings. The molecule has 0 rings (SSSR count). The molecule has 0 aliphatic rings. The van der Waals surface area contributed by atoms with Gasteiger partial charge in [0.15, 0.2) is 0 Å². The predicted octanol–water partition coefficient (Wildman–Crippen LogP) is 6.83. The van der Waals surface area contributed by atoms with Gasteiger partial charge in [0, 0.05) is 12.2 Å². The maximum atomic E-state index is 13.7. The molecule has 4 nitrogen and oxygen atoms in total. The summed E-state index contributed by atoms with van der Waals surface area (Å²) in [6.45, 7) is 1.91. The van der Waals surface area contributed by atoms with Crippen molar-refractivity contribution in [2.24, 2.45) is 0 Å². The summed E-state index contributed by atoms with van der Waals surface area (Å²) in [5, 5.41) is 0. The fourth-order valence-corrected chi connectivity index (χ4v) is 2.15. The molecule has 0 bridgehead atoms. The Morgan fingerprint density at radius 1 is 0.538 bits per heavy atom. The molecule has 0 saturated heterocycles. The quantitative estimate of drug-likeness (QED) is 0.145. The number of ether oxygens (including phenoxy) is 2. The van der Waals surface area contributed by atoms with Gasteiger partial charge in [-0.2, -0.15) is 74.6 Å². The van der Waals surface area contributed by atoms with Gasteiger partial charge in [-0.05, 0) is 20.8 Å². The van der Waals surface area contributed by atoms with E-state index >= 15 is 0 Å². The Bertz CT molecular complexity index is 929. The van der Waals surface area contributed by atoms with Gasteiger partial charge in [-0.15, -0.1) is 0 Å². The van der Waals surface area contributed by atoms with Crippen LogP contribution >= 0.6 is 0 Å². The highest BCUT2D eigenvalue weighted by molar-refractivity contribution is 5.91. The molecular weight excluding hydrogens is 603 g/mol. The molecule has 0 saturated carbocycles. The van der Waals surface area contributed by atoms with E-state index in [4.69, 9.17) is 0 Å². The first-order chi connectivity index (χ1) is 16.7. The fourth-order valence-electron chi connectivity index (χ4n) is 2.15.